The van der Waals surface area contributed by atoms with Crippen LogP contribution in [0, 0.1) is 0 Å². The summed E-state index contributed by atoms with van der Waals surface area (Å²) in [6.07, 6.45) is -0.0645. The summed E-state index contributed by atoms with van der Waals surface area (Å²) in [5, 5.41) is 5.79. The largest absolute Gasteiger partial charge is 0.489 e. The molecule has 1 rings (SSSR count). The van der Waals surface area contributed by atoms with Gasteiger partial charge in [-0.1, -0.05) is 18.2 Å². The number of para-hydroxylation sites is 1. The molecule has 0 radical (unpaired) electrons. The van der Waals surface area contributed by atoms with Gasteiger partial charge in [0.05, 0.1) is 19.7 Å². The zero-order valence-electron chi connectivity index (χ0n) is 11.9. The molecular formula is C14H23ClN2O3. The van der Waals surface area contributed by atoms with Gasteiger partial charge in [-0.05, 0) is 19.1 Å². The lowest BCUT2D eigenvalue weighted by Crippen LogP contribution is -2.39. The molecule has 0 aliphatic carbocycles. The van der Waals surface area contributed by atoms with Crippen molar-refractivity contribution >= 4 is 18.3 Å². The molecule has 0 spiro atoms. The van der Waals surface area contributed by atoms with E-state index >= 15 is 0 Å². The third-order valence-corrected chi connectivity index (χ3v) is 2.44. The lowest BCUT2D eigenvalue weighted by molar-refractivity contribution is -0.120. The maximum Gasteiger partial charge on any atom is 0.234 e. The summed E-state index contributed by atoms with van der Waals surface area (Å²) >= 11 is 0. The highest BCUT2D eigenvalue weighted by Gasteiger charge is 2.06. The van der Waals surface area contributed by atoms with Crippen molar-refractivity contribution in [3.05, 3.63) is 30.3 Å². The molecule has 1 aromatic rings. The average molecular weight is 303 g/mol. The van der Waals surface area contributed by atoms with Gasteiger partial charge >= 0.3 is 0 Å². The van der Waals surface area contributed by atoms with E-state index in [0.717, 1.165) is 5.75 Å². The molecule has 1 amide bonds. The standard InChI is InChI=1S/C14H22N2O3.ClH/c1-12(19-13-6-4-3-5-7-13)10-16-14(17)11-15-8-9-18-2;/h3-7,12,15H,8-11H2,1-2H3,(H,16,17);1H. The normalized spacial score (nSPS) is 11.3. The van der Waals surface area contributed by atoms with Gasteiger partial charge in [-0.25, -0.2) is 0 Å². The molecule has 0 aliphatic heterocycles. The molecule has 5 nitrogen and oxygen atoms in total. The number of methoxy groups -OCH3 is 1. The predicted octanol–water partition coefficient (Wildman–Crippen LogP) is 1.23. The third kappa shape index (κ3) is 8.74. The molecule has 2 N–H and O–H groups in total. The average Bonchev–Trinajstić information content (AvgIpc) is 2.42. The predicted molar refractivity (Wildman–Crippen MR) is 81.5 cm³/mol. The quantitative estimate of drug-likeness (QED) is 0.674. The fourth-order valence-electron chi connectivity index (χ4n) is 1.47. The number of rotatable bonds is 9. The van der Waals surface area contributed by atoms with Crippen molar-refractivity contribution < 1.29 is 14.3 Å². The van der Waals surface area contributed by atoms with E-state index in [2.05, 4.69) is 10.6 Å². The lowest BCUT2D eigenvalue weighted by Gasteiger charge is -2.15. The van der Waals surface area contributed by atoms with E-state index in [-0.39, 0.29) is 24.4 Å². The monoisotopic (exact) mass is 302 g/mol. The van der Waals surface area contributed by atoms with E-state index < -0.39 is 0 Å². The van der Waals surface area contributed by atoms with Gasteiger partial charge < -0.3 is 20.1 Å². The number of benzene rings is 1. The van der Waals surface area contributed by atoms with Crippen molar-refractivity contribution in [3.8, 4) is 5.75 Å². The minimum absolute atomic E-state index is 0. The molecule has 114 valence electrons. The molecule has 0 fully saturated rings. The van der Waals surface area contributed by atoms with Crippen LogP contribution >= 0.6 is 12.4 Å². The number of carbonyl (C=O) groups excluding carboxylic acids is 1. The van der Waals surface area contributed by atoms with E-state index in [4.69, 9.17) is 9.47 Å². The van der Waals surface area contributed by atoms with E-state index in [1.54, 1.807) is 7.11 Å². The van der Waals surface area contributed by atoms with Gasteiger partial charge in [-0.15, -0.1) is 12.4 Å². The lowest BCUT2D eigenvalue weighted by atomic mass is 10.3. The first kappa shape index (κ1) is 18.7. The van der Waals surface area contributed by atoms with Crippen LogP contribution in [0.15, 0.2) is 30.3 Å². The zero-order valence-corrected chi connectivity index (χ0v) is 12.7. The maximum absolute atomic E-state index is 11.5. The molecule has 0 saturated carbocycles. The molecule has 1 unspecified atom stereocenters. The molecule has 0 bridgehead atoms. The highest BCUT2D eigenvalue weighted by atomic mass is 35.5. The van der Waals surface area contributed by atoms with Crippen LogP contribution in [-0.4, -0.2) is 45.4 Å². The second kappa shape index (κ2) is 11.5. The maximum atomic E-state index is 11.5. The number of nitrogens with one attached hydrogen (secondary N) is 2. The van der Waals surface area contributed by atoms with Gasteiger partial charge in [0.15, 0.2) is 0 Å². The molecule has 0 heterocycles. The van der Waals surface area contributed by atoms with Gasteiger partial charge in [-0.3, -0.25) is 4.79 Å². The minimum atomic E-state index is -0.0645. The Morgan fingerprint density at radius 1 is 1.30 bits per heavy atom. The summed E-state index contributed by atoms with van der Waals surface area (Å²) in [6.45, 7) is 3.97. The van der Waals surface area contributed by atoms with Crippen molar-refractivity contribution in [3.63, 3.8) is 0 Å². The summed E-state index contributed by atoms with van der Waals surface area (Å²) in [4.78, 5) is 11.5. The summed E-state index contributed by atoms with van der Waals surface area (Å²) < 4.78 is 10.5. The van der Waals surface area contributed by atoms with Crippen LogP contribution in [0.1, 0.15) is 6.92 Å². The highest BCUT2D eigenvalue weighted by molar-refractivity contribution is 5.85. The van der Waals surface area contributed by atoms with Crippen molar-refractivity contribution in [1.82, 2.24) is 10.6 Å². The van der Waals surface area contributed by atoms with Crippen LogP contribution in [0.5, 0.6) is 5.75 Å². The molecule has 6 heteroatoms. The van der Waals surface area contributed by atoms with Gasteiger partial charge in [-0.2, -0.15) is 0 Å². The Kier molecular flexibility index (Phi) is 10.8. The van der Waals surface area contributed by atoms with E-state index in [1.165, 1.54) is 0 Å². The Balaban J connectivity index is 0.00000361. The Labute approximate surface area is 126 Å². The smallest absolute Gasteiger partial charge is 0.234 e. The van der Waals surface area contributed by atoms with E-state index in [0.29, 0.717) is 26.2 Å². The second-order valence-electron chi connectivity index (χ2n) is 4.22. The Morgan fingerprint density at radius 3 is 2.65 bits per heavy atom. The number of hydrogen-bond acceptors (Lipinski definition) is 4. The molecular weight excluding hydrogens is 280 g/mol. The molecule has 0 aromatic heterocycles. The van der Waals surface area contributed by atoms with Gasteiger partial charge in [0.1, 0.15) is 11.9 Å². The first-order valence-electron chi connectivity index (χ1n) is 6.40. The topological polar surface area (TPSA) is 59.6 Å². The SMILES string of the molecule is COCCNCC(=O)NCC(C)Oc1ccccc1.Cl. The van der Waals surface area contributed by atoms with Crippen molar-refractivity contribution in [2.75, 3.05) is 33.4 Å². The van der Waals surface area contributed by atoms with Crippen LogP contribution in [0.2, 0.25) is 0 Å². The molecule has 20 heavy (non-hydrogen) atoms. The number of ether oxygens (including phenoxy) is 2. The van der Waals surface area contributed by atoms with Crippen LogP contribution in [0.4, 0.5) is 0 Å². The van der Waals surface area contributed by atoms with Crippen molar-refractivity contribution in [2.45, 2.75) is 13.0 Å². The first-order chi connectivity index (χ1) is 9.22. The van der Waals surface area contributed by atoms with Gasteiger partial charge in [0, 0.05) is 13.7 Å². The third-order valence-electron chi connectivity index (χ3n) is 2.44. The number of carbonyl (C=O) groups is 1. The Morgan fingerprint density at radius 2 is 2.00 bits per heavy atom. The Bertz CT molecular complexity index is 363. The molecule has 1 atom stereocenters. The van der Waals surface area contributed by atoms with Crippen LogP contribution in [-0.2, 0) is 9.53 Å². The summed E-state index contributed by atoms with van der Waals surface area (Å²) in [7, 11) is 1.63. The Hall–Kier alpha value is -1.30. The summed E-state index contributed by atoms with van der Waals surface area (Å²) in [5.41, 5.74) is 0. The number of halogens is 1. The molecule has 1 aromatic carbocycles. The van der Waals surface area contributed by atoms with Crippen LogP contribution < -0.4 is 15.4 Å². The highest BCUT2D eigenvalue weighted by Crippen LogP contribution is 2.10. The van der Waals surface area contributed by atoms with Crippen molar-refractivity contribution in [1.29, 1.82) is 0 Å². The van der Waals surface area contributed by atoms with Gasteiger partial charge in [0.2, 0.25) is 5.91 Å². The fraction of sp³-hybridized carbons (Fsp3) is 0.500. The fourth-order valence-corrected chi connectivity index (χ4v) is 1.47. The zero-order chi connectivity index (χ0) is 13.9. The van der Waals surface area contributed by atoms with E-state index in [9.17, 15) is 4.79 Å². The summed E-state index contributed by atoms with van der Waals surface area (Å²) in [5.74, 6) is 0.766. The van der Waals surface area contributed by atoms with Crippen molar-refractivity contribution in [2.24, 2.45) is 0 Å². The molecule has 0 saturated heterocycles. The first-order valence-corrected chi connectivity index (χ1v) is 6.40. The second-order valence-corrected chi connectivity index (χ2v) is 4.22. The number of amides is 1. The van der Waals surface area contributed by atoms with E-state index in [1.807, 2.05) is 37.3 Å². The van der Waals surface area contributed by atoms with Gasteiger partial charge in [0.25, 0.3) is 0 Å². The minimum Gasteiger partial charge on any atom is -0.489 e. The number of hydrogen-bond donors (Lipinski definition) is 2. The van der Waals surface area contributed by atoms with Crippen LogP contribution in [0.3, 0.4) is 0 Å². The summed E-state index contributed by atoms with van der Waals surface area (Å²) in [6, 6.07) is 9.56. The molecule has 0 aliphatic rings. The van der Waals surface area contributed by atoms with Crippen LogP contribution in [0.25, 0.3) is 0 Å².